The van der Waals surface area contributed by atoms with Crippen LogP contribution in [0.15, 0.2) is 24.3 Å². The number of hydrogen-bond donors (Lipinski definition) is 2. The lowest BCUT2D eigenvalue weighted by Gasteiger charge is -2.16. The maximum atomic E-state index is 12.3. The molecule has 6 heteroatoms. The first kappa shape index (κ1) is 16.9. The van der Waals surface area contributed by atoms with Crippen molar-refractivity contribution in [1.82, 2.24) is 15.6 Å². The number of rotatable bonds is 5. The molecule has 2 aromatic rings. The van der Waals surface area contributed by atoms with Gasteiger partial charge in [-0.2, -0.15) is 0 Å². The lowest BCUT2D eigenvalue weighted by molar-refractivity contribution is -0.123. The second-order valence-electron chi connectivity index (χ2n) is 6.08. The van der Waals surface area contributed by atoms with Gasteiger partial charge in [0.25, 0.3) is 0 Å². The SMILES string of the molecule is COc1ccc(-c2nc(C)c(C(C)NC(=O)C3CCCN3)s2)cc1. The topological polar surface area (TPSA) is 63.2 Å². The van der Waals surface area contributed by atoms with Crippen LogP contribution < -0.4 is 15.4 Å². The molecule has 1 amide bonds. The quantitative estimate of drug-likeness (QED) is 0.874. The van der Waals surface area contributed by atoms with Gasteiger partial charge in [-0.3, -0.25) is 4.79 Å². The van der Waals surface area contributed by atoms with Gasteiger partial charge in [-0.05, 0) is 57.5 Å². The van der Waals surface area contributed by atoms with Crippen molar-refractivity contribution in [3.05, 3.63) is 34.8 Å². The van der Waals surface area contributed by atoms with Gasteiger partial charge in [-0.1, -0.05) is 0 Å². The van der Waals surface area contributed by atoms with Crippen LogP contribution in [0.5, 0.6) is 5.75 Å². The number of methoxy groups -OCH3 is 1. The molecule has 1 aromatic heterocycles. The Morgan fingerprint density at radius 1 is 1.42 bits per heavy atom. The number of thiazole rings is 1. The molecule has 1 aliphatic heterocycles. The molecule has 0 bridgehead atoms. The minimum atomic E-state index is -0.0539. The lowest BCUT2D eigenvalue weighted by atomic mass is 10.2. The molecule has 2 N–H and O–H groups in total. The van der Waals surface area contributed by atoms with Crippen LogP contribution in [0.4, 0.5) is 0 Å². The zero-order valence-electron chi connectivity index (χ0n) is 14.3. The van der Waals surface area contributed by atoms with Gasteiger partial charge in [-0.25, -0.2) is 4.98 Å². The number of aromatic nitrogens is 1. The van der Waals surface area contributed by atoms with E-state index in [1.165, 1.54) is 0 Å². The van der Waals surface area contributed by atoms with Gasteiger partial charge >= 0.3 is 0 Å². The number of aryl methyl sites for hydroxylation is 1. The van der Waals surface area contributed by atoms with Crippen LogP contribution in [0, 0.1) is 6.92 Å². The second-order valence-corrected chi connectivity index (χ2v) is 7.11. The van der Waals surface area contributed by atoms with E-state index < -0.39 is 0 Å². The maximum absolute atomic E-state index is 12.3. The summed E-state index contributed by atoms with van der Waals surface area (Å²) in [5, 5.41) is 7.31. The first-order valence-electron chi connectivity index (χ1n) is 8.24. The number of nitrogens with one attached hydrogen (secondary N) is 2. The van der Waals surface area contributed by atoms with Crippen LogP contribution in [-0.2, 0) is 4.79 Å². The van der Waals surface area contributed by atoms with Gasteiger partial charge in [0.1, 0.15) is 10.8 Å². The van der Waals surface area contributed by atoms with Gasteiger partial charge < -0.3 is 15.4 Å². The molecule has 0 radical (unpaired) electrons. The highest BCUT2D eigenvalue weighted by Gasteiger charge is 2.24. The van der Waals surface area contributed by atoms with Crippen molar-refractivity contribution in [2.75, 3.05) is 13.7 Å². The Hall–Kier alpha value is -1.92. The second kappa shape index (κ2) is 7.32. The smallest absolute Gasteiger partial charge is 0.237 e. The molecule has 1 aromatic carbocycles. The van der Waals surface area contributed by atoms with E-state index in [4.69, 9.17) is 4.74 Å². The summed E-state index contributed by atoms with van der Waals surface area (Å²) in [5.41, 5.74) is 2.03. The van der Waals surface area contributed by atoms with E-state index in [-0.39, 0.29) is 18.0 Å². The minimum Gasteiger partial charge on any atom is -0.497 e. The molecule has 0 spiro atoms. The zero-order valence-corrected chi connectivity index (χ0v) is 15.1. The first-order chi connectivity index (χ1) is 11.6. The molecule has 1 fully saturated rings. The first-order valence-corrected chi connectivity index (χ1v) is 9.05. The lowest BCUT2D eigenvalue weighted by Crippen LogP contribution is -2.41. The van der Waals surface area contributed by atoms with Gasteiger partial charge in [0, 0.05) is 5.56 Å². The van der Waals surface area contributed by atoms with Gasteiger partial charge in [0.2, 0.25) is 5.91 Å². The van der Waals surface area contributed by atoms with E-state index in [1.807, 2.05) is 38.1 Å². The number of ether oxygens (including phenoxy) is 1. The Labute approximate surface area is 146 Å². The third kappa shape index (κ3) is 3.60. The predicted molar refractivity (Wildman–Crippen MR) is 96.4 cm³/mol. The normalized spacial score (nSPS) is 18.4. The summed E-state index contributed by atoms with van der Waals surface area (Å²) in [6, 6.07) is 7.79. The number of carbonyl (C=O) groups excluding carboxylic acids is 1. The van der Waals surface area contributed by atoms with Gasteiger partial charge in [0.15, 0.2) is 0 Å². The van der Waals surface area contributed by atoms with E-state index in [0.717, 1.165) is 46.3 Å². The summed E-state index contributed by atoms with van der Waals surface area (Å²) in [6.07, 6.45) is 1.98. The van der Waals surface area contributed by atoms with Crippen LogP contribution in [0.25, 0.3) is 10.6 Å². The molecular weight excluding hydrogens is 322 g/mol. The van der Waals surface area contributed by atoms with Crippen molar-refractivity contribution in [3.8, 4) is 16.3 Å². The molecule has 1 aliphatic rings. The van der Waals surface area contributed by atoms with Crippen LogP contribution >= 0.6 is 11.3 Å². The Kier molecular flexibility index (Phi) is 5.16. The van der Waals surface area contributed by atoms with E-state index in [2.05, 4.69) is 15.6 Å². The fourth-order valence-corrected chi connectivity index (χ4v) is 4.03. The van der Waals surface area contributed by atoms with Crippen molar-refractivity contribution in [2.24, 2.45) is 0 Å². The number of carbonyl (C=O) groups is 1. The molecule has 24 heavy (non-hydrogen) atoms. The van der Waals surface area contributed by atoms with Crippen molar-refractivity contribution in [3.63, 3.8) is 0 Å². The number of hydrogen-bond acceptors (Lipinski definition) is 5. The van der Waals surface area contributed by atoms with Crippen molar-refractivity contribution < 1.29 is 9.53 Å². The van der Waals surface area contributed by atoms with Gasteiger partial charge in [-0.15, -0.1) is 11.3 Å². The monoisotopic (exact) mass is 345 g/mol. The predicted octanol–water partition coefficient (Wildman–Crippen LogP) is 3.06. The van der Waals surface area contributed by atoms with Gasteiger partial charge in [0.05, 0.1) is 29.8 Å². The van der Waals surface area contributed by atoms with Crippen molar-refractivity contribution in [2.45, 2.75) is 38.8 Å². The summed E-state index contributed by atoms with van der Waals surface area (Å²) >= 11 is 1.63. The molecule has 0 aliphatic carbocycles. The summed E-state index contributed by atoms with van der Waals surface area (Å²) in [5.74, 6) is 0.913. The van der Waals surface area contributed by atoms with Crippen LogP contribution in [0.1, 0.15) is 36.4 Å². The largest absolute Gasteiger partial charge is 0.497 e. The van der Waals surface area contributed by atoms with E-state index in [9.17, 15) is 4.79 Å². The Morgan fingerprint density at radius 3 is 2.79 bits per heavy atom. The average molecular weight is 345 g/mol. The molecule has 1 saturated heterocycles. The Bertz CT molecular complexity index is 706. The molecule has 2 atom stereocenters. The average Bonchev–Trinajstić information content (AvgIpc) is 3.24. The summed E-state index contributed by atoms with van der Waals surface area (Å²) in [4.78, 5) is 18.1. The molecule has 2 unspecified atom stereocenters. The van der Waals surface area contributed by atoms with E-state index >= 15 is 0 Å². The van der Waals surface area contributed by atoms with Crippen molar-refractivity contribution >= 4 is 17.2 Å². The number of benzene rings is 1. The molecule has 2 heterocycles. The Morgan fingerprint density at radius 2 is 2.17 bits per heavy atom. The number of nitrogens with zero attached hydrogens (tertiary/aromatic N) is 1. The maximum Gasteiger partial charge on any atom is 0.237 e. The number of amides is 1. The standard InChI is InChI=1S/C18H23N3O2S/c1-11(20-17(22)15-5-4-10-19-15)16-12(2)21-18(24-16)13-6-8-14(23-3)9-7-13/h6-9,11,15,19H,4-5,10H2,1-3H3,(H,20,22). The molecule has 5 nitrogen and oxygen atoms in total. The fraction of sp³-hybridized carbons (Fsp3) is 0.444. The zero-order chi connectivity index (χ0) is 17.1. The van der Waals surface area contributed by atoms with E-state index in [0.29, 0.717) is 0 Å². The third-order valence-corrected chi connectivity index (χ3v) is 5.69. The molecule has 3 rings (SSSR count). The van der Waals surface area contributed by atoms with E-state index in [1.54, 1.807) is 18.4 Å². The highest BCUT2D eigenvalue weighted by Crippen LogP contribution is 2.32. The molecule has 128 valence electrons. The van der Waals surface area contributed by atoms with Crippen LogP contribution in [0.2, 0.25) is 0 Å². The highest BCUT2D eigenvalue weighted by molar-refractivity contribution is 7.15. The van der Waals surface area contributed by atoms with Crippen LogP contribution in [0.3, 0.4) is 0 Å². The third-order valence-electron chi connectivity index (χ3n) is 4.30. The minimum absolute atomic E-state index is 0.0376. The van der Waals surface area contributed by atoms with Crippen molar-refractivity contribution in [1.29, 1.82) is 0 Å². The fourth-order valence-electron chi connectivity index (χ4n) is 2.95. The summed E-state index contributed by atoms with van der Waals surface area (Å²) < 4.78 is 5.19. The molecular formula is C18H23N3O2S. The van der Waals surface area contributed by atoms with Crippen LogP contribution in [-0.4, -0.2) is 30.6 Å². The highest BCUT2D eigenvalue weighted by atomic mass is 32.1. The Balaban J connectivity index is 1.73. The molecule has 0 saturated carbocycles. The summed E-state index contributed by atoms with van der Waals surface area (Å²) in [6.45, 7) is 4.94. The summed E-state index contributed by atoms with van der Waals surface area (Å²) in [7, 11) is 1.66.